The molecule has 3 heterocycles. The van der Waals surface area contributed by atoms with Crippen LogP contribution in [0.1, 0.15) is 30.1 Å². The van der Waals surface area contributed by atoms with E-state index in [9.17, 15) is 9.59 Å². The van der Waals surface area contributed by atoms with Crippen molar-refractivity contribution in [2.45, 2.75) is 25.2 Å². The molecule has 6 rings (SSSR count). The normalized spacial score (nSPS) is 16.7. The monoisotopic (exact) mass is 465 g/mol. The summed E-state index contributed by atoms with van der Waals surface area (Å²) in [6, 6.07) is 23.9. The van der Waals surface area contributed by atoms with E-state index in [2.05, 4.69) is 62.4 Å². The number of piperidine rings is 1. The van der Waals surface area contributed by atoms with Gasteiger partial charge < -0.3 is 9.88 Å². The molecule has 1 aliphatic heterocycles. The number of nitrogens with zero attached hydrogens (tertiary/aromatic N) is 3. The van der Waals surface area contributed by atoms with E-state index in [1.54, 1.807) is 6.07 Å². The van der Waals surface area contributed by atoms with Crippen molar-refractivity contribution in [3.05, 3.63) is 105 Å². The van der Waals surface area contributed by atoms with E-state index in [1.165, 1.54) is 27.1 Å². The average Bonchev–Trinajstić information content (AvgIpc) is 3.28. The number of aromatic amines is 2. The second-order valence-electron chi connectivity index (χ2n) is 9.32. The first kappa shape index (κ1) is 21.6. The van der Waals surface area contributed by atoms with Crippen LogP contribution in [0.5, 0.6) is 0 Å². The molecule has 35 heavy (non-hydrogen) atoms. The first-order valence-corrected chi connectivity index (χ1v) is 12.2. The Hall–Kier alpha value is -3.97. The number of H-pyrrole nitrogens is 2. The second kappa shape index (κ2) is 9.00. The van der Waals surface area contributed by atoms with Gasteiger partial charge >= 0.3 is 5.69 Å². The fourth-order valence-corrected chi connectivity index (χ4v) is 5.30. The van der Waals surface area contributed by atoms with Gasteiger partial charge in [0.25, 0.3) is 0 Å². The van der Waals surface area contributed by atoms with E-state index in [-0.39, 0.29) is 17.2 Å². The van der Waals surface area contributed by atoms with Crippen LogP contribution >= 0.6 is 0 Å². The number of nitrogens with one attached hydrogen (secondary N) is 2. The quantitative estimate of drug-likeness (QED) is 0.411. The maximum Gasteiger partial charge on any atom is 0.348 e. The fraction of sp³-hybridized carbons (Fsp3) is 0.250. The highest BCUT2D eigenvalue weighted by molar-refractivity contribution is 5.86. The maximum absolute atomic E-state index is 12.9. The number of pyridine rings is 1. The van der Waals surface area contributed by atoms with E-state index in [1.807, 2.05) is 18.2 Å². The summed E-state index contributed by atoms with van der Waals surface area (Å²) >= 11 is 0. The molecule has 0 bridgehead atoms. The van der Waals surface area contributed by atoms with Crippen LogP contribution in [0.4, 0.5) is 0 Å². The van der Waals surface area contributed by atoms with Gasteiger partial charge in [-0.05, 0) is 54.3 Å². The van der Waals surface area contributed by atoms with Crippen LogP contribution in [0.25, 0.3) is 27.4 Å². The summed E-state index contributed by atoms with van der Waals surface area (Å²) in [5, 5.41) is 8.13. The van der Waals surface area contributed by atoms with Crippen molar-refractivity contribution in [2.24, 2.45) is 0 Å². The van der Waals surface area contributed by atoms with Crippen LogP contribution < -0.4 is 11.2 Å². The largest absolute Gasteiger partial charge is 0.348 e. The molecule has 1 unspecified atom stereocenters. The Labute approximate surface area is 202 Å². The summed E-state index contributed by atoms with van der Waals surface area (Å²) in [5.74, 6) is 0.874. The van der Waals surface area contributed by atoms with E-state index in [0.717, 1.165) is 44.3 Å². The van der Waals surface area contributed by atoms with E-state index >= 15 is 0 Å². The lowest BCUT2D eigenvalue weighted by molar-refractivity contribution is 0.206. The molecule has 2 N–H and O–H groups in total. The number of aromatic nitrogens is 4. The van der Waals surface area contributed by atoms with E-state index < -0.39 is 0 Å². The highest BCUT2D eigenvalue weighted by atomic mass is 16.2. The van der Waals surface area contributed by atoms with Crippen LogP contribution in [0, 0.1) is 0 Å². The lowest BCUT2D eigenvalue weighted by atomic mass is 9.96. The van der Waals surface area contributed by atoms with Crippen molar-refractivity contribution in [1.29, 1.82) is 0 Å². The van der Waals surface area contributed by atoms with Gasteiger partial charge in [0.05, 0.1) is 11.2 Å². The van der Waals surface area contributed by atoms with Crippen LogP contribution in [0.3, 0.4) is 0 Å². The number of rotatable bonds is 5. The number of hydrogen-bond acceptors (Lipinski definition) is 4. The zero-order valence-corrected chi connectivity index (χ0v) is 19.4. The number of likely N-dealkylation sites (tertiary alicyclic amines) is 1. The third kappa shape index (κ3) is 4.19. The summed E-state index contributed by atoms with van der Waals surface area (Å²) in [6.07, 6.45) is 3.04. The molecule has 7 heteroatoms. The van der Waals surface area contributed by atoms with Crippen LogP contribution in [0.15, 0.2) is 82.4 Å². The zero-order chi connectivity index (χ0) is 23.8. The van der Waals surface area contributed by atoms with Crippen molar-refractivity contribution >= 4 is 21.7 Å². The summed E-state index contributed by atoms with van der Waals surface area (Å²) in [5.41, 5.74) is 2.07. The minimum Gasteiger partial charge on any atom is -0.320 e. The Kier molecular flexibility index (Phi) is 5.54. The van der Waals surface area contributed by atoms with Gasteiger partial charge in [-0.1, -0.05) is 54.6 Å². The van der Waals surface area contributed by atoms with E-state index in [4.69, 9.17) is 0 Å². The Morgan fingerprint density at radius 2 is 1.71 bits per heavy atom. The van der Waals surface area contributed by atoms with Gasteiger partial charge in [-0.3, -0.25) is 9.78 Å². The highest BCUT2D eigenvalue weighted by Crippen LogP contribution is 2.26. The molecule has 0 spiro atoms. The van der Waals surface area contributed by atoms with Gasteiger partial charge in [-0.2, -0.15) is 4.68 Å². The Morgan fingerprint density at radius 1 is 0.886 bits per heavy atom. The zero-order valence-electron chi connectivity index (χ0n) is 19.4. The standard InChI is InChI=1S/C28H27N5O2/c34-25-14-13-21-9-4-12-24(26(21)29-25)33-28(35)30-27(31-33)22-10-5-16-32(18-22)17-15-20-8-3-7-19-6-1-2-11-23(19)20/h1-4,6-9,11-14,22H,5,10,15-18H2,(H,29,34)(H,30,31,35). The maximum atomic E-state index is 12.9. The SMILES string of the molecule is O=c1ccc2cccc(-n3nc(C4CCCN(CCc5cccc6ccccc56)C4)[nH]c3=O)c2[nH]1. The highest BCUT2D eigenvalue weighted by Gasteiger charge is 2.25. The molecule has 1 atom stereocenters. The lowest BCUT2D eigenvalue weighted by Crippen LogP contribution is -2.36. The van der Waals surface area contributed by atoms with Gasteiger partial charge in [0.2, 0.25) is 5.56 Å². The summed E-state index contributed by atoms with van der Waals surface area (Å²) in [4.78, 5) is 33.1. The van der Waals surface area contributed by atoms with Gasteiger partial charge in [-0.25, -0.2) is 4.79 Å². The molecule has 5 aromatic rings. The number of para-hydroxylation sites is 1. The minimum absolute atomic E-state index is 0.166. The van der Waals surface area contributed by atoms with Gasteiger partial charge in [0.1, 0.15) is 5.82 Å². The lowest BCUT2D eigenvalue weighted by Gasteiger charge is -2.31. The first-order chi connectivity index (χ1) is 17.2. The van der Waals surface area contributed by atoms with E-state index in [0.29, 0.717) is 17.0 Å². The molecule has 2 aromatic heterocycles. The summed E-state index contributed by atoms with van der Waals surface area (Å²) in [6.45, 7) is 2.89. The summed E-state index contributed by atoms with van der Waals surface area (Å²) < 4.78 is 1.38. The Balaban J connectivity index is 1.22. The van der Waals surface area contributed by atoms with Gasteiger partial charge in [0.15, 0.2) is 0 Å². The van der Waals surface area contributed by atoms with Crippen LogP contribution in [-0.4, -0.2) is 44.3 Å². The fourth-order valence-electron chi connectivity index (χ4n) is 5.30. The minimum atomic E-state index is -0.287. The number of benzene rings is 3. The predicted octanol–water partition coefficient (Wildman–Crippen LogP) is 3.98. The molecular formula is C28H27N5O2. The third-order valence-electron chi connectivity index (χ3n) is 7.07. The molecule has 1 fully saturated rings. The van der Waals surface area contributed by atoms with Crippen molar-refractivity contribution in [3.8, 4) is 5.69 Å². The number of fused-ring (bicyclic) bond motifs is 2. The molecule has 0 saturated carbocycles. The molecule has 3 aromatic carbocycles. The molecule has 176 valence electrons. The van der Waals surface area contributed by atoms with Crippen LogP contribution in [0.2, 0.25) is 0 Å². The topological polar surface area (TPSA) is 86.8 Å². The third-order valence-corrected chi connectivity index (χ3v) is 7.07. The van der Waals surface area contributed by atoms with Crippen molar-refractivity contribution in [3.63, 3.8) is 0 Å². The summed E-state index contributed by atoms with van der Waals surface area (Å²) in [7, 11) is 0. The molecule has 0 radical (unpaired) electrons. The second-order valence-corrected chi connectivity index (χ2v) is 9.32. The first-order valence-electron chi connectivity index (χ1n) is 12.2. The smallest absolute Gasteiger partial charge is 0.320 e. The van der Waals surface area contributed by atoms with Crippen LogP contribution in [-0.2, 0) is 6.42 Å². The Morgan fingerprint density at radius 3 is 2.66 bits per heavy atom. The average molecular weight is 466 g/mol. The molecule has 7 nitrogen and oxygen atoms in total. The molecular weight excluding hydrogens is 438 g/mol. The van der Waals surface area contributed by atoms with Crippen molar-refractivity contribution in [2.75, 3.05) is 19.6 Å². The Bertz CT molecular complexity index is 1620. The number of hydrogen-bond donors (Lipinski definition) is 2. The molecule has 0 amide bonds. The molecule has 1 saturated heterocycles. The molecule has 1 aliphatic rings. The van der Waals surface area contributed by atoms with Gasteiger partial charge in [0, 0.05) is 30.5 Å². The van der Waals surface area contributed by atoms with Crippen molar-refractivity contribution in [1.82, 2.24) is 24.6 Å². The van der Waals surface area contributed by atoms with Crippen molar-refractivity contribution < 1.29 is 0 Å². The predicted molar refractivity (Wildman–Crippen MR) is 138 cm³/mol. The van der Waals surface area contributed by atoms with Gasteiger partial charge in [-0.15, -0.1) is 5.10 Å². The molecule has 0 aliphatic carbocycles.